The van der Waals surface area contributed by atoms with Crippen molar-refractivity contribution in [3.63, 3.8) is 0 Å². The fourth-order valence-electron chi connectivity index (χ4n) is 1.66. The van der Waals surface area contributed by atoms with Gasteiger partial charge in [-0.05, 0) is 12.3 Å². The van der Waals surface area contributed by atoms with E-state index in [1.54, 1.807) is 4.31 Å². The Morgan fingerprint density at radius 2 is 2.00 bits per heavy atom. The topological polar surface area (TPSA) is 49.4 Å². The van der Waals surface area contributed by atoms with Gasteiger partial charge < -0.3 is 5.32 Å². The normalized spacial score (nSPS) is 18.5. The third-order valence-electron chi connectivity index (χ3n) is 2.79. The van der Waals surface area contributed by atoms with E-state index in [2.05, 4.69) is 19.2 Å². The van der Waals surface area contributed by atoms with Gasteiger partial charge in [0.1, 0.15) is 0 Å². The predicted molar refractivity (Wildman–Crippen MR) is 62.3 cm³/mol. The molecule has 1 N–H and O–H groups in total. The Balaban J connectivity index is 2.56. The van der Waals surface area contributed by atoms with E-state index in [0.29, 0.717) is 12.5 Å². The van der Waals surface area contributed by atoms with E-state index >= 15 is 0 Å². The van der Waals surface area contributed by atoms with E-state index in [9.17, 15) is 8.42 Å². The lowest BCUT2D eigenvalue weighted by atomic mass is 10.2. The van der Waals surface area contributed by atoms with Crippen LogP contribution >= 0.6 is 0 Å². The number of nitrogens with zero attached hydrogens (tertiary/aromatic N) is 1. The van der Waals surface area contributed by atoms with Crippen molar-refractivity contribution in [2.24, 2.45) is 5.92 Å². The highest BCUT2D eigenvalue weighted by molar-refractivity contribution is 7.89. The summed E-state index contributed by atoms with van der Waals surface area (Å²) in [5.74, 6) is 0.729. The largest absolute Gasteiger partial charge is 0.313 e. The van der Waals surface area contributed by atoms with Gasteiger partial charge in [-0.15, -0.1) is 0 Å². The fraction of sp³-hybridized carbons (Fsp3) is 1.00. The molecule has 0 aromatic carbocycles. The van der Waals surface area contributed by atoms with Gasteiger partial charge in [0.15, 0.2) is 0 Å². The van der Waals surface area contributed by atoms with Crippen LogP contribution < -0.4 is 5.32 Å². The number of hydrogen-bond donors (Lipinski definition) is 1. The number of rotatable bonds is 6. The van der Waals surface area contributed by atoms with Gasteiger partial charge in [-0.1, -0.05) is 20.8 Å². The van der Waals surface area contributed by atoms with E-state index in [4.69, 9.17) is 0 Å². The molecular weight excluding hydrogens is 212 g/mol. The zero-order valence-electron chi connectivity index (χ0n) is 9.86. The highest BCUT2D eigenvalue weighted by Crippen LogP contribution is 2.14. The van der Waals surface area contributed by atoms with Crippen molar-refractivity contribution in [1.82, 2.24) is 9.62 Å². The van der Waals surface area contributed by atoms with Crippen LogP contribution in [0, 0.1) is 5.92 Å². The minimum absolute atomic E-state index is 0.187. The van der Waals surface area contributed by atoms with Crippen LogP contribution in [0.15, 0.2) is 0 Å². The summed E-state index contributed by atoms with van der Waals surface area (Å²) in [7, 11) is -3.03. The molecule has 0 atom stereocenters. The summed E-state index contributed by atoms with van der Waals surface area (Å²) in [6, 6.07) is 0.187. The quantitative estimate of drug-likeness (QED) is 0.734. The molecule has 5 heteroatoms. The Kier molecular flexibility index (Phi) is 4.55. The fourth-order valence-corrected chi connectivity index (χ4v) is 3.66. The van der Waals surface area contributed by atoms with Crippen LogP contribution in [0.2, 0.25) is 0 Å². The first-order chi connectivity index (χ1) is 6.97. The number of likely N-dealkylation sites (N-methyl/N-ethyl adjacent to an activating group) is 1. The van der Waals surface area contributed by atoms with Crippen LogP contribution in [0.3, 0.4) is 0 Å². The molecule has 0 aromatic rings. The minimum atomic E-state index is -3.03. The van der Waals surface area contributed by atoms with Crippen molar-refractivity contribution in [1.29, 1.82) is 0 Å². The van der Waals surface area contributed by atoms with Gasteiger partial charge in [-0.2, -0.15) is 4.31 Å². The summed E-state index contributed by atoms with van der Waals surface area (Å²) < 4.78 is 25.6. The van der Waals surface area contributed by atoms with Crippen LogP contribution in [-0.4, -0.2) is 44.2 Å². The van der Waals surface area contributed by atoms with Crippen molar-refractivity contribution >= 4 is 10.0 Å². The molecule has 0 spiro atoms. The van der Waals surface area contributed by atoms with E-state index in [1.807, 2.05) is 6.92 Å². The Morgan fingerprint density at radius 1 is 1.40 bits per heavy atom. The molecule has 0 radical (unpaired) electrons. The van der Waals surface area contributed by atoms with Crippen LogP contribution in [0.1, 0.15) is 27.2 Å². The molecule has 4 nitrogen and oxygen atoms in total. The summed E-state index contributed by atoms with van der Waals surface area (Å²) in [5.41, 5.74) is 0. The van der Waals surface area contributed by atoms with Crippen molar-refractivity contribution in [2.75, 3.05) is 25.4 Å². The first-order valence-corrected chi connectivity index (χ1v) is 7.28. The zero-order valence-corrected chi connectivity index (χ0v) is 10.7. The highest BCUT2D eigenvalue weighted by atomic mass is 32.2. The Morgan fingerprint density at radius 3 is 2.33 bits per heavy atom. The molecule has 90 valence electrons. The van der Waals surface area contributed by atoms with E-state index in [-0.39, 0.29) is 11.8 Å². The van der Waals surface area contributed by atoms with E-state index < -0.39 is 10.0 Å². The number of hydrogen-bond acceptors (Lipinski definition) is 3. The standard InChI is InChI=1S/C10H22N2O2S/c1-4-12(10-7-11-8-10)15(13,14)6-5-9(2)3/h9-11H,4-8H2,1-3H3. The molecule has 0 saturated carbocycles. The molecular formula is C10H22N2O2S. The van der Waals surface area contributed by atoms with Gasteiger partial charge in [0, 0.05) is 25.7 Å². The molecule has 0 amide bonds. The first-order valence-electron chi connectivity index (χ1n) is 5.67. The van der Waals surface area contributed by atoms with Crippen molar-refractivity contribution < 1.29 is 8.42 Å². The lowest BCUT2D eigenvalue weighted by Crippen LogP contribution is -2.59. The average molecular weight is 234 g/mol. The molecule has 0 unspecified atom stereocenters. The SMILES string of the molecule is CCN(C1CNC1)S(=O)(=O)CCC(C)C. The van der Waals surface area contributed by atoms with E-state index in [1.165, 1.54) is 0 Å². The molecule has 0 aromatic heterocycles. The summed E-state index contributed by atoms with van der Waals surface area (Å²) in [6.45, 7) is 8.20. The number of sulfonamides is 1. The molecule has 1 rings (SSSR count). The minimum Gasteiger partial charge on any atom is -0.313 e. The maximum absolute atomic E-state index is 12.0. The molecule has 1 saturated heterocycles. The lowest BCUT2D eigenvalue weighted by Gasteiger charge is -2.36. The zero-order chi connectivity index (χ0) is 11.5. The Labute approximate surface area is 93.1 Å². The van der Waals surface area contributed by atoms with E-state index in [0.717, 1.165) is 19.5 Å². The third kappa shape index (κ3) is 3.43. The third-order valence-corrected chi connectivity index (χ3v) is 4.81. The predicted octanol–water partition coefficient (Wildman–Crippen LogP) is 0.656. The molecule has 1 aliphatic heterocycles. The van der Waals surface area contributed by atoms with Gasteiger partial charge in [0.05, 0.1) is 5.75 Å². The Hall–Kier alpha value is -0.130. The summed E-state index contributed by atoms with van der Waals surface area (Å²) in [6.07, 6.45) is 0.749. The second kappa shape index (κ2) is 5.27. The van der Waals surface area contributed by atoms with Crippen LogP contribution in [-0.2, 0) is 10.0 Å². The lowest BCUT2D eigenvalue weighted by molar-refractivity contribution is 0.249. The average Bonchev–Trinajstić information content (AvgIpc) is 2.07. The van der Waals surface area contributed by atoms with Crippen molar-refractivity contribution in [3.8, 4) is 0 Å². The van der Waals surface area contributed by atoms with Crippen LogP contribution in [0.5, 0.6) is 0 Å². The summed E-state index contributed by atoms with van der Waals surface area (Å²) in [5, 5.41) is 3.11. The summed E-state index contributed by atoms with van der Waals surface area (Å²) >= 11 is 0. The molecule has 1 fully saturated rings. The maximum Gasteiger partial charge on any atom is 0.214 e. The van der Waals surface area contributed by atoms with Crippen molar-refractivity contribution in [3.05, 3.63) is 0 Å². The summed E-state index contributed by atoms with van der Waals surface area (Å²) in [4.78, 5) is 0. The molecule has 15 heavy (non-hydrogen) atoms. The second-order valence-electron chi connectivity index (χ2n) is 4.51. The van der Waals surface area contributed by atoms with Crippen LogP contribution in [0.4, 0.5) is 0 Å². The van der Waals surface area contributed by atoms with Crippen LogP contribution in [0.25, 0.3) is 0 Å². The van der Waals surface area contributed by atoms with Gasteiger partial charge in [-0.25, -0.2) is 8.42 Å². The van der Waals surface area contributed by atoms with Crippen molar-refractivity contribution in [2.45, 2.75) is 33.2 Å². The van der Waals surface area contributed by atoms with Gasteiger partial charge in [0.2, 0.25) is 10.0 Å². The Bertz CT molecular complexity index is 284. The molecule has 0 bridgehead atoms. The monoisotopic (exact) mass is 234 g/mol. The molecule has 0 aliphatic carbocycles. The first kappa shape index (κ1) is 12.9. The maximum atomic E-state index is 12.0. The smallest absolute Gasteiger partial charge is 0.214 e. The van der Waals surface area contributed by atoms with Gasteiger partial charge >= 0.3 is 0 Å². The number of nitrogens with one attached hydrogen (secondary N) is 1. The molecule has 1 aliphatic rings. The van der Waals surface area contributed by atoms with Gasteiger partial charge in [0.25, 0.3) is 0 Å². The molecule has 1 heterocycles. The highest BCUT2D eigenvalue weighted by Gasteiger charge is 2.31. The second-order valence-corrected chi connectivity index (χ2v) is 6.56. The van der Waals surface area contributed by atoms with Gasteiger partial charge in [-0.3, -0.25) is 0 Å².